The minimum Gasteiger partial charge on any atom is -0.481 e. The van der Waals surface area contributed by atoms with Crippen molar-refractivity contribution in [2.45, 2.75) is 13.3 Å². The molecule has 0 heterocycles. The van der Waals surface area contributed by atoms with Gasteiger partial charge in [0.2, 0.25) is 0 Å². The van der Waals surface area contributed by atoms with Crippen molar-refractivity contribution in [3.8, 4) is 0 Å². The number of anilines is 1. The second-order valence-electron chi connectivity index (χ2n) is 3.89. The van der Waals surface area contributed by atoms with E-state index in [0.717, 1.165) is 10.0 Å². The zero-order chi connectivity index (χ0) is 13.7. The molecule has 0 aliphatic heterocycles. The number of nitrogens with zero attached hydrogens (tertiary/aromatic N) is 1. The summed E-state index contributed by atoms with van der Waals surface area (Å²) in [5.41, 5.74) is 1.73. The molecule has 0 spiro atoms. The van der Waals surface area contributed by atoms with Crippen LogP contribution in [0.25, 0.3) is 0 Å². The van der Waals surface area contributed by atoms with Gasteiger partial charge in [-0.05, 0) is 24.6 Å². The molecular weight excluding hydrogens is 302 g/mol. The largest absolute Gasteiger partial charge is 0.481 e. The SMILES string of the molecule is Cc1ccc(N(CCC(=O)O)CC(=O)O)cc1Br. The van der Waals surface area contributed by atoms with Gasteiger partial charge in [0.1, 0.15) is 6.54 Å². The molecule has 0 radical (unpaired) electrons. The lowest BCUT2D eigenvalue weighted by atomic mass is 10.2. The second kappa shape index (κ2) is 6.39. The summed E-state index contributed by atoms with van der Waals surface area (Å²) in [5.74, 6) is -1.94. The Morgan fingerprint density at radius 1 is 1.28 bits per heavy atom. The average molecular weight is 316 g/mol. The van der Waals surface area contributed by atoms with Gasteiger partial charge < -0.3 is 15.1 Å². The van der Waals surface area contributed by atoms with Crippen molar-refractivity contribution in [3.63, 3.8) is 0 Å². The number of aryl methyl sites for hydroxylation is 1. The predicted molar refractivity (Wildman–Crippen MR) is 71.0 cm³/mol. The molecule has 98 valence electrons. The first kappa shape index (κ1) is 14.5. The number of carboxylic acid groups (broad SMARTS) is 2. The Morgan fingerprint density at radius 2 is 1.94 bits per heavy atom. The predicted octanol–water partition coefficient (Wildman–Crippen LogP) is 2.12. The van der Waals surface area contributed by atoms with E-state index < -0.39 is 11.9 Å². The first-order valence-electron chi connectivity index (χ1n) is 5.35. The van der Waals surface area contributed by atoms with E-state index in [1.54, 1.807) is 12.1 Å². The standard InChI is InChI=1S/C12H14BrNO4/c1-8-2-3-9(6-10(8)13)14(7-12(17)18)5-4-11(15)16/h2-3,6H,4-5,7H2,1H3,(H,15,16)(H,17,18). The van der Waals surface area contributed by atoms with Crippen molar-refractivity contribution in [1.82, 2.24) is 0 Å². The Bertz CT molecular complexity index is 461. The molecule has 0 unspecified atom stereocenters. The van der Waals surface area contributed by atoms with Gasteiger partial charge in [-0.25, -0.2) is 0 Å². The molecule has 1 aromatic carbocycles. The Hall–Kier alpha value is -1.56. The van der Waals surface area contributed by atoms with E-state index in [4.69, 9.17) is 10.2 Å². The number of rotatable bonds is 6. The van der Waals surface area contributed by atoms with Crippen molar-refractivity contribution in [1.29, 1.82) is 0 Å². The van der Waals surface area contributed by atoms with Crippen LogP contribution in [0.15, 0.2) is 22.7 Å². The second-order valence-corrected chi connectivity index (χ2v) is 4.75. The number of aliphatic carboxylic acids is 2. The fourth-order valence-electron chi connectivity index (χ4n) is 1.47. The van der Waals surface area contributed by atoms with Gasteiger partial charge in [0.15, 0.2) is 0 Å². The quantitative estimate of drug-likeness (QED) is 0.840. The van der Waals surface area contributed by atoms with E-state index in [-0.39, 0.29) is 19.5 Å². The van der Waals surface area contributed by atoms with Gasteiger partial charge in [-0.1, -0.05) is 22.0 Å². The maximum absolute atomic E-state index is 10.8. The highest BCUT2D eigenvalue weighted by atomic mass is 79.9. The molecule has 0 amide bonds. The molecular formula is C12H14BrNO4. The van der Waals surface area contributed by atoms with Crippen LogP contribution in [0.1, 0.15) is 12.0 Å². The molecule has 0 atom stereocenters. The fraction of sp³-hybridized carbons (Fsp3) is 0.333. The smallest absolute Gasteiger partial charge is 0.323 e. The molecule has 0 saturated heterocycles. The maximum Gasteiger partial charge on any atom is 0.323 e. The van der Waals surface area contributed by atoms with Crippen molar-refractivity contribution in [2.75, 3.05) is 18.0 Å². The average Bonchev–Trinajstić information content (AvgIpc) is 2.27. The number of carbonyl (C=O) groups is 2. The number of halogens is 1. The maximum atomic E-state index is 10.8. The van der Waals surface area contributed by atoms with Gasteiger partial charge in [0.05, 0.1) is 6.42 Å². The van der Waals surface area contributed by atoms with Crippen LogP contribution in [0.2, 0.25) is 0 Å². The lowest BCUT2D eigenvalue weighted by molar-refractivity contribution is -0.138. The van der Waals surface area contributed by atoms with Gasteiger partial charge in [0.25, 0.3) is 0 Å². The van der Waals surface area contributed by atoms with E-state index in [2.05, 4.69) is 15.9 Å². The molecule has 0 fully saturated rings. The Balaban J connectivity index is 2.89. The fourth-order valence-corrected chi connectivity index (χ4v) is 1.84. The van der Waals surface area contributed by atoms with Crippen LogP contribution in [0.4, 0.5) is 5.69 Å². The van der Waals surface area contributed by atoms with Crippen molar-refractivity contribution in [3.05, 3.63) is 28.2 Å². The van der Waals surface area contributed by atoms with Gasteiger partial charge in [0, 0.05) is 16.7 Å². The normalized spacial score (nSPS) is 10.1. The van der Waals surface area contributed by atoms with E-state index in [9.17, 15) is 9.59 Å². The number of carboxylic acids is 2. The van der Waals surface area contributed by atoms with Crippen molar-refractivity contribution in [2.24, 2.45) is 0 Å². The molecule has 0 bridgehead atoms. The Kier molecular flexibility index (Phi) is 5.15. The third-order valence-electron chi connectivity index (χ3n) is 2.44. The Morgan fingerprint density at radius 3 is 2.44 bits per heavy atom. The van der Waals surface area contributed by atoms with E-state index >= 15 is 0 Å². The first-order valence-corrected chi connectivity index (χ1v) is 6.14. The van der Waals surface area contributed by atoms with Crippen LogP contribution in [-0.4, -0.2) is 35.2 Å². The highest BCUT2D eigenvalue weighted by Gasteiger charge is 2.13. The monoisotopic (exact) mass is 315 g/mol. The Labute approximate surface area is 113 Å². The summed E-state index contributed by atoms with van der Waals surface area (Å²) in [7, 11) is 0. The minimum atomic E-state index is -0.989. The van der Waals surface area contributed by atoms with Crippen LogP contribution in [0.3, 0.4) is 0 Å². The summed E-state index contributed by atoms with van der Waals surface area (Å²) in [6.07, 6.45) is -0.0984. The summed E-state index contributed by atoms with van der Waals surface area (Å²) in [5, 5.41) is 17.5. The van der Waals surface area contributed by atoms with Crippen LogP contribution >= 0.6 is 15.9 Å². The molecule has 0 saturated carbocycles. The van der Waals surface area contributed by atoms with E-state index in [0.29, 0.717) is 5.69 Å². The molecule has 0 aromatic heterocycles. The van der Waals surface area contributed by atoms with Crippen LogP contribution in [-0.2, 0) is 9.59 Å². The van der Waals surface area contributed by atoms with Crippen molar-refractivity contribution >= 4 is 33.6 Å². The number of hydrogen-bond acceptors (Lipinski definition) is 3. The van der Waals surface area contributed by atoms with Crippen LogP contribution < -0.4 is 4.90 Å². The zero-order valence-electron chi connectivity index (χ0n) is 9.89. The van der Waals surface area contributed by atoms with E-state index in [1.165, 1.54) is 4.90 Å². The molecule has 1 aromatic rings. The molecule has 5 nitrogen and oxygen atoms in total. The van der Waals surface area contributed by atoms with Gasteiger partial charge in [-0.3, -0.25) is 9.59 Å². The third-order valence-corrected chi connectivity index (χ3v) is 3.30. The van der Waals surface area contributed by atoms with Gasteiger partial charge in [-0.2, -0.15) is 0 Å². The van der Waals surface area contributed by atoms with Crippen molar-refractivity contribution < 1.29 is 19.8 Å². The van der Waals surface area contributed by atoms with Gasteiger partial charge in [-0.15, -0.1) is 0 Å². The topological polar surface area (TPSA) is 77.8 Å². The first-order chi connectivity index (χ1) is 8.40. The molecule has 18 heavy (non-hydrogen) atoms. The third kappa shape index (κ3) is 4.37. The number of benzene rings is 1. The molecule has 0 aliphatic carbocycles. The highest BCUT2D eigenvalue weighted by molar-refractivity contribution is 9.10. The minimum absolute atomic E-state index is 0.0984. The summed E-state index contributed by atoms with van der Waals surface area (Å²) in [6.45, 7) is 1.87. The summed E-state index contributed by atoms with van der Waals surface area (Å²) < 4.78 is 0.866. The van der Waals surface area contributed by atoms with Crippen LogP contribution in [0.5, 0.6) is 0 Å². The lowest BCUT2D eigenvalue weighted by Crippen LogP contribution is -2.31. The summed E-state index contributed by atoms with van der Waals surface area (Å²) in [6, 6.07) is 5.43. The lowest BCUT2D eigenvalue weighted by Gasteiger charge is -2.22. The highest BCUT2D eigenvalue weighted by Crippen LogP contribution is 2.23. The van der Waals surface area contributed by atoms with E-state index in [1.807, 2.05) is 13.0 Å². The van der Waals surface area contributed by atoms with Gasteiger partial charge >= 0.3 is 11.9 Å². The molecule has 0 aliphatic rings. The van der Waals surface area contributed by atoms with Crippen LogP contribution in [0, 0.1) is 6.92 Å². The molecule has 2 N–H and O–H groups in total. The summed E-state index contributed by atoms with van der Waals surface area (Å²) in [4.78, 5) is 22.9. The summed E-state index contributed by atoms with van der Waals surface area (Å²) >= 11 is 3.37. The zero-order valence-corrected chi connectivity index (χ0v) is 11.5. The molecule has 1 rings (SSSR count). The number of hydrogen-bond donors (Lipinski definition) is 2. The molecule has 6 heteroatoms.